The maximum Gasteiger partial charge on any atom is 0.242 e. The van der Waals surface area contributed by atoms with Gasteiger partial charge in [-0.05, 0) is 50.2 Å². The number of nitrogens with one attached hydrogen (secondary N) is 2. The van der Waals surface area contributed by atoms with E-state index in [0.717, 1.165) is 44.8 Å². The number of hydrogen-bond acceptors (Lipinski definition) is 5. The number of para-hydroxylation sites is 2. The van der Waals surface area contributed by atoms with Crippen LogP contribution in [-0.4, -0.2) is 69.8 Å². The maximum atomic E-state index is 12.7. The van der Waals surface area contributed by atoms with Crippen LogP contribution < -0.4 is 15.5 Å². The molecule has 0 aliphatic carbocycles. The average molecular weight is 423 g/mol. The molecule has 0 aromatic heterocycles. The minimum atomic E-state index is -0.183. The highest BCUT2D eigenvalue weighted by Gasteiger charge is 2.27. The monoisotopic (exact) mass is 422 g/mol. The lowest BCUT2D eigenvalue weighted by Gasteiger charge is -2.36. The Morgan fingerprint density at radius 2 is 2.06 bits per heavy atom. The second-order valence-corrected chi connectivity index (χ2v) is 8.88. The summed E-state index contributed by atoms with van der Waals surface area (Å²) >= 11 is 0. The molecule has 6 nitrogen and oxygen atoms in total. The molecule has 166 valence electrons. The number of amides is 1. The van der Waals surface area contributed by atoms with E-state index in [1.807, 2.05) is 0 Å². The molecule has 4 rings (SSSR count). The summed E-state index contributed by atoms with van der Waals surface area (Å²) in [5.74, 6) is 0.0745. The smallest absolute Gasteiger partial charge is 0.242 e. The topological polar surface area (TPSA) is 56.8 Å². The fourth-order valence-corrected chi connectivity index (χ4v) is 4.64. The SMILES string of the molecule is Cc1cccc2c1NC(C(=O)NCCc1ccccc1N1CCOC(CN(C)C)C1)C2. The molecular weight excluding hydrogens is 388 g/mol. The van der Waals surface area contributed by atoms with Crippen molar-refractivity contribution in [3.05, 3.63) is 59.2 Å². The molecule has 0 radical (unpaired) electrons. The molecule has 2 aliphatic heterocycles. The largest absolute Gasteiger partial charge is 0.373 e. The molecule has 6 heteroatoms. The molecule has 1 fully saturated rings. The molecule has 31 heavy (non-hydrogen) atoms. The van der Waals surface area contributed by atoms with E-state index < -0.39 is 0 Å². The highest BCUT2D eigenvalue weighted by Crippen LogP contribution is 2.29. The van der Waals surface area contributed by atoms with Crippen LogP contribution in [0.3, 0.4) is 0 Å². The average Bonchev–Trinajstić information content (AvgIpc) is 3.20. The lowest BCUT2D eigenvalue weighted by molar-refractivity contribution is -0.121. The fourth-order valence-electron chi connectivity index (χ4n) is 4.64. The number of nitrogens with zero attached hydrogens (tertiary/aromatic N) is 2. The number of hydrogen-bond donors (Lipinski definition) is 2. The van der Waals surface area contributed by atoms with Gasteiger partial charge in [-0.1, -0.05) is 36.4 Å². The Hall–Kier alpha value is -2.57. The number of fused-ring (bicyclic) bond motifs is 1. The van der Waals surface area contributed by atoms with E-state index in [-0.39, 0.29) is 18.1 Å². The van der Waals surface area contributed by atoms with Crippen LogP contribution in [0.25, 0.3) is 0 Å². The zero-order valence-electron chi connectivity index (χ0n) is 18.9. The molecule has 2 unspecified atom stereocenters. The van der Waals surface area contributed by atoms with Crippen LogP contribution in [0, 0.1) is 6.92 Å². The van der Waals surface area contributed by atoms with Gasteiger partial charge in [0.05, 0.1) is 12.7 Å². The normalized spacial score (nSPS) is 20.5. The first kappa shape index (κ1) is 21.7. The van der Waals surface area contributed by atoms with Gasteiger partial charge in [0.25, 0.3) is 0 Å². The highest BCUT2D eigenvalue weighted by atomic mass is 16.5. The Kier molecular flexibility index (Phi) is 6.78. The van der Waals surface area contributed by atoms with Crippen molar-refractivity contribution in [1.82, 2.24) is 10.2 Å². The number of ether oxygens (including phenoxy) is 1. The molecule has 2 atom stereocenters. The van der Waals surface area contributed by atoms with Crippen molar-refractivity contribution in [2.75, 3.05) is 57.1 Å². The Labute approximate surface area is 185 Å². The number of rotatable bonds is 7. The number of likely N-dealkylation sites (N-methyl/N-ethyl adjacent to an activating group) is 1. The Bertz CT molecular complexity index is 914. The summed E-state index contributed by atoms with van der Waals surface area (Å²) in [5.41, 5.74) is 6.06. The first-order valence-corrected chi connectivity index (χ1v) is 11.2. The third-order valence-electron chi connectivity index (χ3n) is 6.15. The fraction of sp³-hybridized carbons (Fsp3) is 0.480. The van der Waals surface area contributed by atoms with Gasteiger partial charge in [0.2, 0.25) is 5.91 Å². The van der Waals surface area contributed by atoms with Gasteiger partial charge in [0.15, 0.2) is 0 Å². The summed E-state index contributed by atoms with van der Waals surface area (Å²) in [5, 5.41) is 6.54. The van der Waals surface area contributed by atoms with Gasteiger partial charge < -0.3 is 25.2 Å². The van der Waals surface area contributed by atoms with Crippen molar-refractivity contribution >= 4 is 17.3 Å². The van der Waals surface area contributed by atoms with Crippen molar-refractivity contribution in [1.29, 1.82) is 0 Å². The third kappa shape index (κ3) is 5.20. The van der Waals surface area contributed by atoms with Gasteiger partial charge in [-0.15, -0.1) is 0 Å². The van der Waals surface area contributed by atoms with E-state index in [9.17, 15) is 4.79 Å². The number of aryl methyl sites for hydroxylation is 1. The molecular formula is C25H34N4O2. The van der Waals surface area contributed by atoms with Crippen LogP contribution in [0.15, 0.2) is 42.5 Å². The van der Waals surface area contributed by atoms with E-state index >= 15 is 0 Å². The quantitative estimate of drug-likeness (QED) is 0.718. The first-order valence-electron chi connectivity index (χ1n) is 11.2. The van der Waals surface area contributed by atoms with Gasteiger partial charge in [-0.25, -0.2) is 0 Å². The van der Waals surface area contributed by atoms with Gasteiger partial charge in [0, 0.05) is 44.0 Å². The van der Waals surface area contributed by atoms with E-state index in [2.05, 4.69) is 83.9 Å². The zero-order chi connectivity index (χ0) is 21.8. The standard InChI is InChI=1S/C25H34N4O2/c1-18-7-6-9-20-15-22(27-24(18)20)25(30)26-12-11-19-8-4-5-10-23(19)29-13-14-31-21(17-29)16-28(2)3/h4-10,21-22,27H,11-17H2,1-3H3,(H,26,30). The second-order valence-electron chi connectivity index (χ2n) is 8.88. The van der Waals surface area contributed by atoms with Crippen molar-refractivity contribution in [2.45, 2.75) is 31.9 Å². The number of carbonyl (C=O) groups is 1. The van der Waals surface area contributed by atoms with E-state index in [1.165, 1.54) is 22.4 Å². The van der Waals surface area contributed by atoms with Crippen LogP contribution in [0.1, 0.15) is 16.7 Å². The predicted molar refractivity (Wildman–Crippen MR) is 126 cm³/mol. The van der Waals surface area contributed by atoms with Crippen LogP contribution >= 0.6 is 0 Å². The maximum absolute atomic E-state index is 12.7. The van der Waals surface area contributed by atoms with Crippen LogP contribution in [0.2, 0.25) is 0 Å². The third-order valence-corrected chi connectivity index (χ3v) is 6.15. The number of anilines is 2. The molecule has 0 spiro atoms. The summed E-state index contributed by atoms with van der Waals surface area (Å²) in [6.07, 6.45) is 1.78. The Morgan fingerprint density at radius 1 is 1.23 bits per heavy atom. The van der Waals surface area contributed by atoms with E-state index in [4.69, 9.17) is 4.74 Å². The molecule has 2 aliphatic rings. The Morgan fingerprint density at radius 3 is 2.87 bits per heavy atom. The van der Waals surface area contributed by atoms with E-state index in [1.54, 1.807) is 0 Å². The van der Waals surface area contributed by atoms with Gasteiger partial charge in [-0.2, -0.15) is 0 Å². The summed E-state index contributed by atoms with van der Waals surface area (Å²) in [6, 6.07) is 14.6. The molecule has 2 aromatic rings. The number of carbonyl (C=O) groups excluding carboxylic acids is 1. The Balaban J connectivity index is 1.33. The van der Waals surface area contributed by atoms with Gasteiger partial charge >= 0.3 is 0 Å². The van der Waals surface area contributed by atoms with Crippen molar-refractivity contribution in [3.8, 4) is 0 Å². The molecule has 0 saturated carbocycles. The van der Waals surface area contributed by atoms with Crippen molar-refractivity contribution in [2.24, 2.45) is 0 Å². The lowest BCUT2D eigenvalue weighted by atomic mass is 10.1. The summed E-state index contributed by atoms with van der Waals surface area (Å²) < 4.78 is 5.94. The minimum Gasteiger partial charge on any atom is -0.373 e. The zero-order valence-corrected chi connectivity index (χ0v) is 18.9. The summed E-state index contributed by atoms with van der Waals surface area (Å²) in [7, 11) is 4.16. The van der Waals surface area contributed by atoms with Gasteiger partial charge in [-0.3, -0.25) is 4.79 Å². The predicted octanol–water partition coefficient (Wildman–Crippen LogP) is 2.46. The summed E-state index contributed by atoms with van der Waals surface area (Å²) in [6.45, 7) is 6.18. The number of benzene rings is 2. The molecule has 1 amide bonds. The molecule has 2 aromatic carbocycles. The van der Waals surface area contributed by atoms with Crippen molar-refractivity contribution in [3.63, 3.8) is 0 Å². The second kappa shape index (κ2) is 9.71. The van der Waals surface area contributed by atoms with E-state index in [0.29, 0.717) is 6.54 Å². The molecule has 2 heterocycles. The van der Waals surface area contributed by atoms with Crippen LogP contribution in [0.4, 0.5) is 11.4 Å². The van der Waals surface area contributed by atoms with Crippen molar-refractivity contribution < 1.29 is 9.53 Å². The molecule has 0 bridgehead atoms. The molecule has 1 saturated heterocycles. The number of morpholine rings is 1. The minimum absolute atomic E-state index is 0.0745. The van der Waals surface area contributed by atoms with Gasteiger partial charge in [0.1, 0.15) is 6.04 Å². The molecule has 2 N–H and O–H groups in total. The summed E-state index contributed by atoms with van der Waals surface area (Å²) in [4.78, 5) is 17.3. The lowest BCUT2D eigenvalue weighted by Crippen LogP contribution is -2.46. The van der Waals surface area contributed by atoms with Crippen LogP contribution in [-0.2, 0) is 22.4 Å². The first-order chi connectivity index (χ1) is 15.0. The highest BCUT2D eigenvalue weighted by molar-refractivity contribution is 5.87. The van der Waals surface area contributed by atoms with Crippen LogP contribution in [0.5, 0.6) is 0 Å².